The number of halogens is 1. The number of nitrogens with zero attached hydrogens (tertiary/aromatic N) is 4. The molecule has 0 aliphatic carbocycles. The summed E-state index contributed by atoms with van der Waals surface area (Å²) in [7, 11) is 0. The smallest absolute Gasteiger partial charge is 0.273 e. The average molecular weight is 449 g/mol. The Bertz CT molecular complexity index is 1180. The van der Waals surface area contributed by atoms with E-state index in [4.69, 9.17) is 11.6 Å². The molecule has 2 amide bonds. The molecule has 0 saturated carbocycles. The van der Waals surface area contributed by atoms with Crippen LogP contribution in [0.5, 0.6) is 0 Å². The van der Waals surface area contributed by atoms with Crippen molar-refractivity contribution in [3.63, 3.8) is 0 Å². The molecule has 164 valence electrons. The SMILES string of the molecule is Cc1nn(-c2ccccc2)c2c1C(C)N(C1CCN(C(=O)c3ccccc3Cl)CC1)C2=O. The standard InChI is InChI=1S/C25H25ClN4O2/c1-16-22-17(2)29(25(32)23(22)30(27-16)19-8-4-3-5-9-19)18-12-14-28(15-13-18)24(31)20-10-6-7-11-21(20)26/h3-11,17-18H,12-15H2,1-2H3. The van der Waals surface area contributed by atoms with Gasteiger partial charge in [0.2, 0.25) is 0 Å². The number of aromatic nitrogens is 2. The number of carbonyl (C=O) groups excluding carboxylic acids is 2. The molecule has 1 atom stereocenters. The van der Waals surface area contributed by atoms with E-state index < -0.39 is 0 Å². The molecule has 0 radical (unpaired) electrons. The second-order valence-electron chi connectivity index (χ2n) is 8.49. The van der Waals surface area contributed by atoms with Gasteiger partial charge in [-0.05, 0) is 51.0 Å². The van der Waals surface area contributed by atoms with Crippen LogP contribution in [0.4, 0.5) is 0 Å². The molecule has 6 nitrogen and oxygen atoms in total. The van der Waals surface area contributed by atoms with E-state index in [2.05, 4.69) is 12.0 Å². The third-order valence-electron chi connectivity index (χ3n) is 6.63. The van der Waals surface area contributed by atoms with Gasteiger partial charge in [0, 0.05) is 24.7 Å². The summed E-state index contributed by atoms with van der Waals surface area (Å²) < 4.78 is 1.78. The lowest BCUT2D eigenvalue weighted by atomic mass is 10.0. The van der Waals surface area contributed by atoms with Crippen LogP contribution in [-0.2, 0) is 0 Å². The Labute approximate surface area is 192 Å². The maximum Gasteiger partial charge on any atom is 0.273 e. The largest absolute Gasteiger partial charge is 0.338 e. The summed E-state index contributed by atoms with van der Waals surface area (Å²) in [6.07, 6.45) is 1.49. The summed E-state index contributed by atoms with van der Waals surface area (Å²) in [5.74, 6) is -0.0264. The first-order chi connectivity index (χ1) is 15.5. The van der Waals surface area contributed by atoms with E-state index in [1.54, 1.807) is 16.8 Å². The molecule has 5 rings (SSSR count). The zero-order valence-corrected chi connectivity index (χ0v) is 18.9. The molecule has 2 aliphatic rings. The molecule has 1 saturated heterocycles. The number of carbonyl (C=O) groups is 2. The van der Waals surface area contributed by atoms with E-state index in [1.807, 2.05) is 59.2 Å². The summed E-state index contributed by atoms with van der Waals surface area (Å²) in [6.45, 7) is 5.25. The van der Waals surface area contributed by atoms with Crippen molar-refractivity contribution in [2.45, 2.75) is 38.8 Å². The molecule has 1 aromatic heterocycles. The first kappa shape index (κ1) is 20.8. The Morgan fingerprint density at radius 1 is 1.03 bits per heavy atom. The van der Waals surface area contributed by atoms with Gasteiger partial charge in [-0.1, -0.05) is 41.9 Å². The number of para-hydroxylation sites is 1. The van der Waals surface area contributed by atoms with Gasteiger partial charge in [-0.3, -0.25) is 9.59 Å². The fourth-order valence-electron chi connectivity index (χ4n) is 5.07. The molecule has 0 bridgehead atoms. The van der Waals surface area contributed by atoms with Crippen LogP contribution in [0.25, 0.3) is 5.69 Å². The van der Waals surface area contributed by atoms with E-state index in [9.17, 15) is 9.59 Å². The van der Waals surface area contributed by atoms with E-state index >= 15 is 0 Å². The molecule has 1 fully saturated rings. The van der Waals surface area contributed by atoms with Crippen LogP contribution >= 0.6 is 11.6 Å². The molecular weight excluding hydrogens is 424 g/mol. The Morgan fingerprint density at radius 2 is 1.69 bits per heavy atom. The fourth-order valence-corrected chi connectivity index (χ4v) is 5.29. The first-order valence-corrected chi connectivity index (χ1v) is 11.4. The van der Waals surface area contributed by atoms with Crippen LogP contribution in [0.15, 0.2) is 54.6 Å². The highest BCUT2D eigenvalue weighted by Gasteiger charge is 2.44. The van der Waals surface area contributed by atoms with E-state index in [-0.39, 0.29) is 23.9 Å². The molecule has 3 aromatic rings. The van der Waals surface area contributed by atoms with Gasteiger partial charge in [0.1, 0.15) is 5.69 Å². The quantitative estimate of drug-likeness (QED) is 0.585. The van der Waals surface area contributed by atoms with Crippen molar-refractivity contribution in [2.24, 2.45) is 0 Å². The van der Waals surface area contributed by atoms with Crippen molar-refractivity contribution < 1.29 is 9.59 Å². The van der Waals surface area contributed by atoms with Crippen molar-refractivity contribution in [1.29, 1.82) is 0 Å². The third-order valence-corrected chi connectivity index (χ3v) is 6.96. The Hall–Kier alpha value is -3.12. The van der Waals surface area contributed by atoms with Gasteiger partial charge >= 0.3 is 0 Å². The van der Waals surface area contributed by atoms with Crippen LogP contribution in [0.3, 0.4) is 0 Å². The number of hydrogen-bond donors (Lipinski definition) is 0. The molecule has 2 aromatic carbocycles. The van der Waals surface area contributed by atoms with Crippen LogP contribution in [0, 0.1) is 6.92 Å². The van der Waals surface area contributed by atoms with E-state index in [1.165, 1.54) is 0 Å². The summed E-state index contributed by atoms with van der Waals surface area (Å²) in [5, 5.41) is 5.14. The van der Waals surface area contributed by atoms with Crippen molar-refractivity contribution in [2.75, 3.05) is 13.1 Å². The topological polar surface area (TPSA) is 58.4 Å². The lowest BCUT2D eigenvalue weighted by Crippen LogP contribution is -2.48. The van der Waals surface area contributed by atoms with Crippen molar-refractivity contribution in [1.82, 2.24) is 19.6 Å². The molecule has 32 heavy (non-hydrogen) atoms. The normalized spacial score (nSPS) is 18.8. The summed E-state index contributed by atoms with van der Waals surface area (Å²) in [6, 6.07) is 17.0. The number of amides is 2. The second kappa shape index (κ2) is 8.10. The number of fused-ring (bicyclic) bond motifs is 1. The zero-order valence-electron chi connectivity index (χ0n) is 18.2. The lowest BCUT2D eigenvalue weighted by molar-refractivity contribution is 0.0470. The van der Waals surface area contributed by atoms with Crippen molar-refractivity contribution in [3.05, 3.63) is 82.1 Å². The number of benzene rings is 2. The minimum absolute atomic E-state index is 0.0211. The fraction of sp³-hybridized carbons (Fsp3) is 0.320. The van der Waals surface area contributed by atoms with Crippen molar-refractivity contribution >= 4 is 23.4 Å². The second-order valence-corrected chi connectivity index (χ2v) is 8.89. The Balaban J connectivity index is 1.35. The van der Waals surface area contributed by atoms with Crippen LogP contribution < -0.4 is 0 Å². The Kier molecular flexibility index (Phi) is 5.25. The van der Waals surface area contributed by atoms with Crippen LogP contribution in [0.1, 0.15) is 57.9 Å². The summed E-state index contributed by atoms with van der Waals surface area (Å²) in [5.41, 5.74) is 3.98. The highest BCUT2D eigenvalue weighted by molar-refractivity contribution is 6.33. The maximum absolute atomic E-state index is 13.6. The minimum atomic E-state index is -0.0475. The monoisotopic (exact) mass is 448 g/mol. The molecule has 2 aliphatic heterocycles. The molecule has 0 N–H and O–H groups in total. The van der Waals surface area contributed by atoms with E-state index in [0.717, 1.165) is 29.8 Å². The van der Waals surface area contributed by atoms with Gasteiger partial charge in [0.25, 0.3) is 11.8 Å². The van der Waals surface area contributed by atoms with Crippen molar-refractivity contribution in [3.8, 4) is 5.69 Å². The summed E-state index contributed by atoms with van der Waals surface area (Å²) in [4.78, 5) is 30.3. The predicted molar refractivity (Wildman–Crippen MR) is 123 cm³/mol. The number of hydrogen-bond acceptors (Lipinski definition) is 3. The molecular formula is C25H25ClN4O2. The van der Waals surface area contributed by atoms with Gasteiger partial charge in [0.15, 0.2) is 0 Å². The molecule has 7 heteroatoms. The van der Waals surface area contributed by atoms with Crippen LogP contribution in [-0.4, -0.2) is 50.5 Å². The minimum Gasteiger partial charge on any atom is -0.338 e. The van der Waals surface area contributed by atoms with Gasteiger partial charge in [-0.25, -0.2) is 4.68 Å². The third kappa shape index (κ3) is 3.30. The average Bonchev–Trinajstić information content (AvgIpc) is 3.29. The number of rotatable bonds is 3. The van der Waals surface area contributed by atoms with Crippen LogP contribution in [0.2, 0.25) is 5.02 Å². The van der Waals surface area contributed by atoms with Gasteiger partial charge in [0.05, 0.1) is 28.0 Å². The van der Waals surface area contributed by atoms with Gasteiger partial charge in [-0.15, -0.1) is 0 Å². The highest BCUT2D eigenvalue weighted by atomic mass is 35.5. The highest BCUT2D eigenvalue weighted by Crippen LogP contribution is 2.40. The van der Waals surface area contributed by atoms with Gasteiger partial charge in [-0.2, -0.15) is 5.10 Å². The first-order valence-electron chi connectivity index (χ1n) is 11.0. The molecule has 1 unspecified atom stereocenters. The van der Waals surface area contributed by atoms with E-state index in [0.29, 0.717) is 29.4 Å². The number of piperidine rings is 1. The number of aryl methyl sites for hydroxylation is 1. The van der Waals surface area contributed by atoms with Gasteiger partial charge < -0.3 is 9.80 Å². The molecule has 3 heterocycles. The Morgan fingerprint density at radius 3 is 2.38 bits per heavy atom. The lowest BCUT2D eigenvalue weighted by Gasteiger charge is -2.39. The summed E-state index contributed by atoms with van der Waals surface area (Å²) >= 11 is 6.22. The zero-order chi connectivity index (χ0) is 22.4. The maximum atomic E-state index is 13.6. The number of likely N-dealkylation sites (tertiary alicyclic amines) is 1. The predicted octanol–water partition coefficient (Wildman–Crippen LogP) is 4.66. The molecule has 0 spiro atoms.